The normalized spacial score (nSPS) is 14.2. The number of amides is 1. The first-order valence-corrected chi connectivity index (χ1v) is 15.0. The molecule has 0 aliphatic carbocycles. The number of likely N-dealkylation sites (N-methyl/N-ethyl adjacent to an activating group) is 1. The minimum absolute atomic E-state index is 0.00693. The van der Waals surface area contributed by atoms with Crippen LogP contribution in [-0.2, 0) is 13.1 Å². The molecule has 0 radical (unpaired) electrons. The van der Waals surface area contributed by atoms with Crippen LogP contribution < -0.4 is 15.6 Å². The SMILES string of the molecule is CN1CCN(Cc2cc3nccc(Oc4ccc(NC(=O)c5cc(Cl)cn(Cc6ccccc6)c5=O)cc4F)c3s2)CC1. The van der Waals surface area contributed by atoms with Gasteiger partial charge in [0.15, 0.2) is 11.6 Å². The molecule has 2 aromatic carbocycles. The Labute approximate surface area is 256 Å². The molecule has 11 heteroatoms. The summed E-state index contributed by atoms with van der Waals surface area (Å²) in [5.41, 5.74) is 1.21. The molecule has 0 spiro atoms. The number of hydrogen-bond donors (Lipinski definition) is 1. The van der Waals surface area contributed by atoms with Gasteiger partial charge in [0.25, 0.3) is 11.5 Å². The fraction of sp³-hybridized carbons (Fsp3) is 0.219. The maximum absolute atomic E-state index is 15.2. The third kappa shape index (κ3) is 6.78. The second kappa shape index (κ2) is 12.6. The van der Waals surface area contributed by atoms with Crippen molar-refractivity contribution in [1.82, 2.24) is 19.4 Å². The third-order valence-corrected chi connectivity index (χ3v) is 8.64. The van der Waals surface area contributed by atoms with E-state index in [4.69, 9.17) is 16.3 Å². The van der Waals surface area contributed by atoms with E-state index >= 15 is 4.39 Å². The summed E-state index contributed by atoms with van der Waals surface area (Å²) < 4.78 is 23.4. The summed E-state index contributed by atoms with van der Waals surface area (Å²) in [4.78, 5) is 36.5. The van der Waals surface area contributed by atoms with E-state index in [0.717, 1.165) is 54.6 Å². The molecule has 43 heavy (non-hydrogen) atoms. The van der Waals surface area contributed by atoms with E-state index in [1.165, 1.54) is 33.8 Å². The van der Waals surface area contributed by atoms with Crippen molar-refractivity contribution in [3.63, 3.8) is 0 Å². The highest BCUT2D eigenvalue weighted by atomic mass is 35.5. The largest absolute Gasteiger partial charge is 0.453 e. The fourth-order valence-corrected chi connectivity index (χ4v) is 6.32. The van der Waals surface area contributed by atoms with Crippen LogP contribution in [0.2, 0.25) is 5.02 Å². The van der Waals surface area contributed by atoms with E-state index in [9.17, 15) is 9.59 Å². The lowest BCUT2D eigenvalue weighted by Crippen LogP contribution is -2.43. The zero-order valence-corrected chi connectivity index (χ0v) is 25.0. The number of benzene rings is 2. The van der Waals surface area contributed by atoms with Gasteiger partial charge in [-0.25, -0.2) is 4.39 Å². The highest BCUT2D eigenvalue weighted by molar-refractivity contribution is 7.19. The number of carbonyl (C=O) groups is 1. The minimum atomic E-state index is -0.690. The highest BCUT2D eigenvalue weighted by Crippen LogP contribution is 2.36. The first kappa shape index (κ1) is 29.0. The molecular weight excluding hydrogens is 589 g/mol. The van der Waals surface area contributed by atoms with Gasteiger partial charge >= 0.3 is 0 Å². The number of aromatic nitrogens is 2. The maximum Gasteiger partial charge on any atom is 0.263 e. The van der Waals surface area contributed by atoms with E-state index in [1.54, 1.807) is 23.6 Å². The van der Waals surface area contributed by atoms with Crippen LogP contribution in [0.3, 0.4) is 0 Å². The molecule has 0 saturated carbocycles. The molecule has 1 fully saturated rings. The van der Waals surface area contributed by atoms with Crippen LogP contribution in [0.4, 0.5) is 10.1 Å². The maximum atomic E-state index is 15.2. The van der Waals surface area contributed by atoms with Crippen molar-refractivity contribution in [3.05, 3.63) is 116 Å². The molecule has 4 heterocycles. The van der Waals surface area contributed by atoms with Crippen LogP contribution in [-0.4, -0.2) is 58.5 Å². The molecule has 1 aliphatic rings. The molecule has 1 N–H and O–H groups in total. The monoisotopic (exact) mass is 617 g/mol. The molecule has 1 aliphatic heterocycles. The van der Waals surface area contributed by atoms with Gasteiger partial charge in [0, 0.05) is 67.8 Å². The van der Waals surface area contributed by atoms with E-state index in [1.807, 2.05) is 30.3 Å². The van der Waals surface area contributed by atoms with Crippen molar-refractivity contribution < 1.29 is 13.9 Å². The van der Waals surface area contributed by atoms with Gasteiger partial charge in [0.1, 0.15) is 11.3 Å². The molecule has 0 unspecified atom stereocenters. The van der Waals surface area contributed by atoms with Crippen molar-refractivity contribution in [3.8, 4) is 11.5 Å². The van der Waals surface area contributed by atoms with Gasteiger partial charge in [0.2, 0.25) is 0 Å². The van der Waals surface area contributed by atoms with Crippen LogP contribution in [0.5, 0.6) is 11.5 Å². The Kier molecular flexibility index (Phi) is 8.53. The molecule has 3 aromatic heterocycles. The summed E-state index contributed by atoms with van der Waals surface area (Å²) in [6.45, 7) is 5.19. The smallest absolute Gasteiger partial charge is 0.263 e. The lowest BCUT2D eigenvalue weighted by atomic mass is 10.2. The number of fused-ring (bicyclic) bond motifs is 1. The third-order valence-electron chi connectivity index (χ3n) is 7.30. The predicted molar refractivity (Wildman–Crippen MR) is 168 cm³/mol. The molecule has 6 rings (SSSR count). The summed E-state index contributed by atoms with van der Waals surface area (Å²) in [5, 5.41) is 2.84. The standard InChI is InChI=1S/C32H29ClFN5O3S/c1-37-11-13-38(14-12-37)20-24-17-27-30(43-24)29(9-10-35-27)42-28-8-7-23(16-26(28)34)36-31(40)25-15-22(33)19-39(32(25)41)18-21-5-3-2-4-6-21/h2-10,15-17,19H,11-14,18,20H2,1H3,(H,36,40). The van der Waals surface area contributed by atoms with Crippen LogP contribution >= 0.6 is 22.9 Å². The fourth-order valence-electron chi connectivity index (χ4n) is 4.99. The van der Waals surface area contributed by atoms with Crippen LogP contribution in [0.15, 0.2) is 83.9 Å². The second-order valence-corrected chi connectivity index (χ2v) is 12.1. The number of nitrogens with one attached hydrogen (secondary N) is 1. The predicted octanol–water partition coefficient (Wildman–Crippen LogP) is 6.09. The van der Waals surface area contributed by atoms with Crippen molar-refractivity contribution in [2.24, 2.45) is 0 Å². The number of hydrogen-bond acceptors (Lipinski definition) is 7. The number of piperazine rings is 1. The Morgan fingerprint density at radius 2 is 1.81 bits per heavy atom. The zero-order valence-electron chi connectivity index (χ0n) is 23.4. The second-order valence-electron chi connectivity index (χ2n) is 10.5. The molecule has 0 bridgehead atoms. The molecule has 5 aromatic rings. The number of thiophene rings is 1. The van der Waals surface area contributed by atoms with Crippen molar-refractivity contribution in [2.75, 3.05) is 38.5 Å². The molecule has 1 amide bonds. The molecule has 1 saturated heterocycles. The quantitative estimate of drug-likeness (QED) is 0.227. The van der Waals surface area contributed by atoms with E-state index in [2.05, 4.69) is 33.2 Å². The number of nitrogens with zero attached hydrogens (tertiary/aromatic N) is 4. The first-order valence-electron chi connectivity index (χ1n) is 13.8. The van der Waals surface area contributed by atoms with Gasteiger partial charge in [0.05, 0.1) is 21.8 Å². The minimum Gasteiger partial charge on any atom is -0.453 e. The zero-order chi connectivity index (χ0) is 29.9. The van der Waals surface area contributed by atoms with Gasteiger partial charge in [-0.2, -0.15) is 0 Å². The Morgan fingerprint density at radius 1 is 1.02 bits per heavy atom. The Balaban J connectivity index is 1.16. The van der Waals surface area contributed by atoms with Gasteiger partial charge in [-0.3, -0.25) is 19.5 Å². The van der Waals surface area contributed by atoms with Crippen LogP contribution in [0, 0.1) is 5.82 Å². The summed E-state index contributed by atoms with van der Waals surface area (Å²) in [6.07, 6.45) is 3.13. The van der Waals surface area contributed by atoms with Crippen LogP contribution in [0.1, 0.15) is 20.8 Å². The van der Waals surface area contributed by atoms with Crippen molar-refractivity contribution in [2.45, 2.75) is 13.1 Å². The lowest BCUT2D eigenvalue weighted by molar-refractivity contribution is 0.102. The van der Waals surface area contributed by atoms with E-state index < -0.39 is 17.3 Å². The average Bonchev–Trinajstić information content (AvgIpc) is 3.41. The summed E-state index contributed by atoms with van der Waals surface area (Å²) in [6, 6.07) is 18.6. The lowest BCUT2D eigenvalue weighted by Gasteiger charge is -2.31. The topological polar surface area (TPSA) is 79.7 Å². The van der Waals surface area contributed by atoms with Gasteiger partial charge in [-0.05, 0) is 36.9 Å². The summed E-state index contributed by atoms with van der Waals surface area (Å²) in [7, 11) is 2.13. The summed E-state index contributed by atoms with van der Waals surface area (Å²) in [5.74, 6) is -0.838. The van der Waals surface area contributed by atoms with E-state index in [0.29, 0.717) is 5.75 Å². The number of rotatable bonds is 8. The number of ether oxygens (including phenoxy) is 1. The Hall–Kier alpha value is -4.09. The number of pyridine rings is 2. The van der Waals surface area contributed by atoms with Gasteiger partial charge in [-0.15, -0.1) is 11.3 Å². The van der Waals surface area contributed by atoms with Gasteiger partial charge in [-0.1, -0.05) is 41.9 Å². The molecule has 8 nitrogen and oxygen atoms in total. The number of carbonyl (C=O) groups excluding carboxylic acids is 1. The Bertz CT molecular complexity index is 1840. The average molecular weight is 618 g/mol. The van der Waals surface area contributed by atoms with Gasteiger partial charge < -0.3 is 19.5 Å². The number of anilines is 1. The van der Waals surface area contributed by atoms with E-state index in [-0.39, 0.29) is 28.6 Å². The number of halogens is 2. The van der Waals surface area contributed by atoms with Crippen molar-refractivity contribution in [1.29, 1.82) is 0 Å². The summed E-state index contributed by atoms with van der Waals surface area (Å²) >= 11 is 7.82. The molecule has 0 atom stereocenters. The first-order chi connectivity index (χ1) is 20.8. The molecule has 220 valence electrons. The van der Waals surface area contributed by atoms with Crippen molar-refractivity contribution >= 4 is 44.7 Å². The Morgan fingerprint density at radius 3 is 2.58 bits per heavy atom. The highest BCUT2D eigenvalue weighted by Gasteiger charge is 2.19. The van der Waals surface area contributed by atoms with Crippen LogP contribution in [0.25, 0.3) is 10.2 Å². The molecular formula is C32H29ClFN5O3S.